The van der Waals surface area contributed by atoms with Crippen LogP contribution in [0.4, 0.5) is 5.69 Å². The summed E-state index contributed by atoms with van der Waals surface area (Å²) in [5.74, 6) is -0.329. The fraction of sp³-hybridized carbons (Fsp3) is 0.200. The van der Waals surface area contributed by atoms with Crippen LogP contribution >= 0.6 is 0 Å². The van der Waals surface area contributed by atoms with Gasteiger partial charge in [0.1, 0.15) is 0 Å². The highest BCUT2D eigenvalue weighted by Gasteiger charge is 2.08. The van der Waals surface area contributed by atoms with Crippen LogP contribution in [0.5, 0.6) is 0 Å². The molecule has 0 saturated carbocycles. The number of carbonyl (C=O) groups is 2. The number of benzene rings is 3. The minimum absolute atomic E-state index is 0.0283. The van der Waals surface area contributed by atoms with Crippen LogP contribution in [0.25, 0.3) is 0 Å². The quantitative estimate of drug-likeness (QED) is 0.504. The molecule has 30 heavy (non-hydrogen) atoms. The molecule has 1 atom stereocenters. The van der Waals surface area contributed by atoms with Crippen molar-refractivity contribution in [1.82, 2.24) is 5.32 Å². The fourth-order valence-electron chi connectivity index (χ4n) is 2.95. The SMILES string of the molecule is C[C@@H](OCCCNC(=O)c1ccc(NC(=O)c2ccccc2)cc1)c1ccccc1. The molecule has 2 N–H and O–H groups in total. The van der Waals surface area contributed by atoms with Crippen LogP contribution in [0.2, 0.25) is 0 Å². The summed E-state index contributed by atoms with van der Waals surface area (Å²) in [6, 6.07) is 25.9. The van der Waals surface area contributed by atoms with Gasteiger partial charge in [-0.3, -0.25) is 9.59 Å². The van der Waals surface area contributed by atoms with Crippen molar-refractivity contribution < 1.29 is 14.3 Å². The van der Waals surface area contributed by atoms with E-state index in [0.29, 0.717) is 30.0 Å². The van der Waals surface area contributed by atoms with E-state index in [1.165, 1.54) is 0 Å². The summed E-state index contributed by atoms with van der Waals surface area (Å²) in [5, 5.41) is 5.71. The molecule has 154 valence electrons. The van der Waals surface area contributed by atoms with E-state index < -0.39 is 0 Å². The van der Waals surface area contributed by atoms with Gasteiger partial charge in [-0.05, 0) is 55.3 Å². The molecule has 0 bridgehead atoms. The lowest BCUT2D eigenvalue weighted by Gasteiger charge is -2.13. The summed E-state index contributed by atoms with van der Waals surface area (Å²) in [5.41, 5.74) is 2.92. The molecule has 0 spiro atoms. The van der Waals surface area contributed by atoms with Gasteiger partial charge in [-0.25, -0.2) is 0 Å². The maximum absolute atomic E-state index is 12.3. The van der Waals surface area contributed by atoms with E-state index in [4.69, 9.17) is 4.74 Å². The summed E-state index contributed by atoms with van der Waals surface area (Å²) < 4.78 is 5.81. The molecule has 0 heterocycles. The lowest BCUT2D eigenvalue weighted by Crippen LogP contribution is -2.25. The number of ether oxygens (including phenoxy) is 1. The lowest BCUT2D eigenvalue weighted by atomic mass is 10.1. The van der Waals surface area contributed by atoms with E-state index in [-0.39, 0.29) is 17.9 Å². The molecular weight excluding hydrogens is 376 g/mol. The third-order valence-corrected chi connectivity index (χ3v) is 4.68. The highest BCUT2D eigenvalue weighted by atomic mass is 16.5. The van der Waals surface area contributed by atoms with Crippen molar-refractivity contribution in [2.75, 3.05) is 18.5 Å². The zero-order valence-electron chi connectivity index (χ0n) is 17.0. The Morgan fingerprint density at radius 3 is 2.07 bits per heavy atom. The molecule has 3 aromatic rings. The van der Waals surface area contributed by atoms with Gasteiger partial charge in [0.15, 0.2) is 0 Å². The molecule has 0 aliphatic rings. The van der Waals surface area contributed by atoms with E-state index in [2.05, 4.69) is 10.6 Å². The second-order valence-corrected chi connectivity index (χ2v) is 6.93. The van der Waals surface area contributed by atoms with Crippen LogP contribution in [-0.4, -0.2) is 25.0 Å². The molecule has 0 aliphatic heterocycles. The van der Waals surface area contributed by atoms with E-state index in [9.17, 15) is 9.59 Å². The summed E-state index contributed by atoms with van der Waals surface area (Å²) in [6.07, 6.45) is 0.759. The summed E-state index contributed by atoms with van der Waals surface area (Å²) in [6.45, 7) is 3.12. The Kier molecular flexibility index (Phi) is 7.75. The standard InChI is InChI=1S/C25H26N2O3/c1-19(20-9-4-2-5-10-20)30-18-8-17-26-24(28)22-13-15-23(16-14-22)27-25(29)21-11-6-3-7-12-21/h2-7,9-16,19H,8,17-18H2,1H3,(H,26,28)(H,27,29)/t19-/m1/s1. The Labute approximate surface area is 177 Å². The van der Waals surface area contributed by atoms with Crippen LogP contribution in [-0.2, 0) is 4.74 Å². The first-order chi connectivity index (χ1) is 14.6. The average molecular weight is 402 g/mol. The van der Waals surface area contributed by atoms with Gasteiger partial charge in [0, 0.05) is 30.0 Å². The van der Waals surface area contributed by atoms with Crippen LogP contribution in [0, 0.1) is 0 Å². The number of hydrogen-bond acceptors (Lipinski definition) is 3. The first-order valence-electron chi connectivity index (χ1n) is 10.0. The highest BCUT2D eigenvalue weighted by Crippen LogP contribution is 2.16. The van der Waals surface area contributed by atoms with Crippen LogP contribution in [0.3, 0.4) is 0 Å². The van der Waals surface area contributed by atoms with E-state index >= 15 is 0 Å². The predicted octanol–water partition coefficient (Wildman–Crippen LogP) is 4.84. The number of anilines is 1. The molecule has 0 radical (unpaired) electrons. The predicted molar refractivity (Wildman–Crippen MR) is 119 cm³/mol. The number of carbonyl (C=O) groups excluding carboxylic acids is 2. The van der Waals surface area contributed by atoms with Crippen LogP contribution in [0.15, 0.2) is 84.9 Å². The molecule has 0 aromatic heterocycles. The monoisotopic (exact) mass is 402 g/mol. The Morgan fingerprint density at radius 2 is 1.40 bits per heavy atom. The summed E-state index contributed by atoms with van der Waals surface area (Å²) >= 11 is 0. The van der Waals surface area contributed by atoms with E-state index in [1.807, 2.05) is 55.5 Å². The Balaban J connectivity index is 1.39. The zero-order valence-corrected chi connectivity index (χ0v) is 17.0. The van der Waals surface area contributed by atoms with Gasteiger partial charge >= 0.3 is 0 Å². The van der Waals surface area contributed by atoms with Crippen molar-refractivity contribution in [3.05, 3.63) is 102 Å². The van der Waals surface area contributed by atoms with Crippen molar-refractivity contribution in [1.29, 1.82) is 0 Å². The summed E-state index contributed by atoms with van der Waals surface area (Å²) in [4.78, 5) is 24.5. The first kappa shape index (κ1) is 21.3. The van der Waals surface area contributed by atoms with Gasteiger partial charge in [0.25, 0.3) is 11.8 Å². The average Bonchev–Trinajstić information content (AvgIpc) is 2.80. The molecule has 3 rings (SSSR count). The van der Waals surface area contributed by atoms with Crippen LogP contribution < -0.4 is 10.6 Å². The molecule has 5 heteroatoms. The van der Waals surface area contributed by atoms with E-state index in [0.717, 1.165) is 12.0 Å². The second kappa shape index (κ2) is 10.9. The third kappa shape index (κ3) is 6.29. The van der Waals surface area contributed by atoms with Gasteiger partial charge in [-0.15, -0.1) is 0 Å². The van der Waals surface area contributed by atoms with Crippen molar-refractivity contribution in [3.63, 3.8) is 0 Å². The lowest BCUT2D eigenvalue weighted by molar-refractivity contribution is 0.0635. The Morgan fingerprint density at radius 1 is 0.800 bits per heavy atom. The normalized spacial score (nSPS) is 11.5. The zero-order chi connectivity index (χ0) is 21.2. The number of amides is 2. The van der Waals surface area contributed by atoms with Gasteiger partial charge < -0.3 is 15.4 Å². The van der Waals surface area contributed by atoms with Gasteiger partial charge in [-0.1, -0.05) is 48.5 Å². The topological polar surface area (TPSA) is 67.4 Å². The maximum atomic E-state index is 12.3. The van der Waals surface area contributed by atoms with Gasteiger partial charge in [-0.2, -0.15) is 0 Å². The molecule has 0 aliphatic carbocycles. The molecule has 2 amide bonds. The highest BCUT2D eigenvalue weighted by molar-refractivity contribution is 6.04. The number of rotatable bonds is 9. The Bertz CT molecular complexity index is 941. The molecular formula is C25H26N2O3. The number of nitrogens with one attached hydrogen (secondary N) is 2. The maximum Gasteiger partial charge on any atom is 0.255 e. The van der Waals surface area contributed by atoms with E-state index in [1.54, 1.807) is 36.4 Å². The molecule has 3 aromatic carbocycles. The molecule has 0 saturated heterocycles. The minimum atomic E-state index is -0.183. The Hall–Kier alpha value is -3.44. The minimum Gasteiger partial charge on any atom is -0.374 e. The van der Waals surface area contributed by atoms with Crippen molar-refractivity contribution >= 4 is 17.5 Å². The molecule has 5 nitrogen and oxygen atoms in total. The third-order valence-electron chi connectivity index (χ3n) is 4.68. The van der Waals surface area contributed by atoms with Crippen LogP contribution in [0.1, 0.15) is 45.7 Å². The van der Waals surface area contributed by atoms with Crippen molar-refractivity contribution in [2.24, 2.45) is 0 Å². The van der Waals surface area contributed by atoms with Gasteiger partial charge in [0.2, 0.25) is 0 Å². The van der Waals surface area contributed by atoms with Gasteiger partial charge in [0.05, 0.1) is 6.10 Å². The van der Waals surface area contributed by atoms with Crippen molar-refractivity contribution in [2.45, 2.75) is 19.4 Å². The van der Waals surface area contributed by atoms with Crippen molar-refractivity contribution in [3.8, 4) is 0 Å². The smallest absolute Gasteiger partial charge is 0.255 e. The first-order valence-corrected chi connectivity index (χ1v) is 10.0. The fourth-order valence-corrected chi connectivity index (χ4v) is 2.95. The second-order valence-electron chi connectivity index (χ2n) is 6.93. The number of hydrogen-bond donors (Lipinski definition) is 2. The summed E-state index contributed by atoms with van der Waals surface area (Å²) in [7, 11) is 0. The largest absolute Gasteiger partial charge is 0.374 e. The molecule has 0 unspecified atom stereocenters. The molecule has 0 fully saturated rings.